The second kappa shape index (κ2) is 9.80. The number of carbonyl (C=O) groups is 1. The van der Waals surface area contributed by atoms with Crippen molar-refractivity contribution < 1.29 is 32.5 Å². The van der Waals surface area contributed by atoms with Crippen molar-refractivity contribution in [1.82, 2.24) is 5.32 Å². The zero-order chi connectivity index (χ0) is 19.9. The standard InChI is InChI=1S/C18H25F3N2O4/c1-13(25)23(11-14-4-2-3-7-22-14)16-10-15(27-12-18(19,20)21)5-6-17(16)26-9-8-24/h5-6,10,14,22,24H,2-4,7-9,11-12H2,1H3. The number of piperidine rings is 1. The van der Waals surface area contributed by atoms with Crippen LogP contribution in [-0.4, -0.2) is 56.1 Å². The summed E-state index contributed by atoms with van der Waals surface area (Å²) < 4.78 is 47.6. The lowest BCUT2D eigenvalue weighted by molar-refractivity contribution is -0.153. The van der Waals surface area contributed by atoms with Gasteiger partial charge in [0.15, 0.2) is 6.61 Å². The Morgan fingerprint density at radius 3 is 2.70 bits per heavy atom. The molecule has 2 N–H and O–H groups in total. The molecule has 1 amide bonds. The summed E-state index contributed by atoms with van der Waals surface area (Å²) in [5, 5.41) is 12.3. The molecule has 1 aliphatic heterocycles. The van der Waals surface area contributed by atoms with Crippen LogP contribution < -0.4 is 19.7 Å². The van der Waals surface area contributed by atoms with Crippen LogP contribution in [0.3, 0.4) is 0 Å². The van der Waals surface area contributed by atoms with Crippen LogP contribution in [0.15, 0.2) is 18.2 Å². The Bertz CT molecular complexity index is 619. The predicted octanol–water partition coefficient (Wildman–Crippen LogP) is 2.49. The summed E-state index contributed by atoms with van der Waals surface area (Å²) in [6, 6.07) is 4.25. The molecular formula is C18H25F3N2O4. The van der Waals surface area contributed by atoms with Crippen LogP contribution in [0.25, 0.3) is 0 Å². The van der Waals surface area contributed by atoms with E-state index < -0.39 is 12.8 Å². The van der Waals surface area contributed by atoms with Crippen LogP contribution in [0.5, 0.6) is 11.5 Å². The highest BCUT2D eigenvalue weighted by Gasteiger charge is 2.29. The first kappa shape index (κ1) is 21.3. The number of anilines is 1. The topological polar surface area (TPSA) is 71.0 Å². The third-order valence-corrected chi connectivity index (χ3v) is 4.17. The maximum atomic E-state index is 12.4. The molecular weight excluding hydrogens is 365 g/mol. The number of benzene rings is 1. The zero-order valence-electron chi connectivity index (χ0n) is 15.2. The highest BCUT2D eigenvalue weighted by atomic mass is 19.4. The third kappa shape index (κ3) is 6.91. The Labute approximate surface area is 156 Å². The minimum Gasteiger partial charge on any atom is -0.489 e. The van der Waals surface area contributed by atoms with Crippen molar-refractivity contribution in [3.63, 3.8) is 0 Å². The molecule has 6 nitrogen and oxygen atoms in total. The van der Waals surface area contributed by atoms with Crippen LogP contribution >= 0.6 is 0 Å². The number of nitrogens with one attached hydrogen (secondary N) is 1. The summed E-state index contributed by atoms with van der Waals surface area (Å²) in [5.41, 5.74) is 0.322. The molecule has 0 bridgehead atoms. The van der Waals surface area contributed by atoms with Gasteiger partial charge in [-0.1, -0.05) is 6.42 Å². The SMILES string of the molecule is CC(=O)N(CC1CCCCN1)c1cc(OCC(F)(F)F)ccc1OCCO. The quantitative estimate of drug-likeness (QED) is 0.714. The largest absolute Gasteiger partial charge is 0.489 e. The van der Waals surface area contributed by atoms with Crippen molar-refractivity contribution in [3.05, 3.63) is 18.2 Å². The third-order valence-electron chi connectivity index (χ3n) is 4.17. The van der Waals surface area contributed by atoms with Gasteiger partial charge in [-0.15, -0.1) is 0 Å². The molecule has 152 valence electrons. The van der Waals surface area contributed by atoms with Crippen molar-refractivity contribution >= 4 is 11.6 Å². The Hall–Kier alpha value is -2.00. The van der Waals surface area contributed by atoms with Gasteiger partial charge < -0.3 is 24.8 Å². The van der Waals surface area contributed by atoms with Gasteiger partial charge in [0, 0.05) is 25.6 Å². The Balaban J connectivity index is 2.26. The van der Waals surface area contributed by atoms with E-state index >= 15 is 0 Å². The van der Waals surface area contributed by atoms with Gasteiger partial charge in [-0.05, 0) is 31.5 Å². The van der Waals surface area contributed by atoms with Crippen LogP contribution in [0, 0.1) is 0 Å². The number of amides is 1. The van der Waals surface area contributed by atoms with Gasteiger partial charge in [0.05, 0.1) is 12.3 Å². The molecule has 0 aliphatic carbocycles. The number of ether oxygens (including phenoxy) is 2. The van der Waals surface area contributed by atoms with Crippen LogP contribution in [-0.2, 0) is 4.79 Å². The zero-order valence-corrected chi connectivity index (χ0v) is 15.2. The number of rotatable bonds is 8. The fraction of sp³-hybridized carbons (Fsp3) is 0.611. The number of halogens is 3. The Morgan fingerprint density at radius 1 is 1.33 bits per heavy atom. The molecule has 0 saturated carbocycles. The first-order valence-corrected chi connectivity index (χ1v) is 8.89. The van der Waals surface area contributed by atoms with E-state index in [1.54, 1.807) is 0 Å². The van der Waals surface area contributed by atoms with Gasteiger partial charge in [0.1, 0.15) is 18.1 Å². The maximum Gasteiger partial charge on any atom is 0.422 e. The summed E-state index contributed by atoms with van der Waals surface area (Å²) in [6.07, 6.45) is -1.44. The average Bonchev–Trinajstić information content (AvgIpc) is 2.63. The minimum absolute atomic E-state index is 0.00315. The number of aliphatic hydroxyl groups is 1. The number of hydrogen-bond donors (Lipinski definition) is 2. The maximum absolute atomic E-state index is 12.4. The van der Waals surface area contributed by atoms with E-state index in [1.165, 1.54) is 30.0 Å². The van der Waals surface area contributed by atoms with E-state index in [2.05, 4.69) is 5.32 Å². The molecule has 1 fully saturated rings. The molecule has 1 saturated heterocycles. The molecule has 2 rings (SSSR count). The number of carbonyl (C=O) groups excluding carboxylic acids is 1. The molecule has 1 aliphatic rings. The first-order chi connectivity index (χ1) is 12.8. The Morgan fingerprint density at radius 2 is 2.11 bits per heavy atom. The minimum atomic E-state index is -4.46. The number of nitrogens with zero attached hydrogens (tertiary/aromatic N) is 1. The van der Waals surface area contributed by atoms with Gasteiger partial charge in [-0.3, -0.25) is 4.79 Å². The molecule has 1 atom stereocenters. The van der Waals surface area contributed by atoms with Crippen LogP contribution in [0.4, 0.5) is 18.9 Å². The first-order valence-electron chi connectivity index (χ1n) is 8.89. The van der Waals surface area contributed by atoms with Crippen LogP contribution in [0.1, 0.15) is 26.2 Å². The molecule has 0 spiro atoms. The smallest absolute Gasteiger partial charge is 0.422 e. The highest BCUT2D eigenvalue weighted by molar-refractivity contribution is 5.93. The van der Waals surface area contributed by atoms with E-state index in [4.69, 9.17) is 14.6 Å². The average molecular weight is 390 g/mol. The molecule has 1 unspecified atom stereocenters. The van der Waals surface area contributed by atoms with Gasteiger partial charge in [0.2, 0.25) is 5.91 Å². The van der Waals surface area contributed by atoms with E-state index in [9.17, 15) is 18.0 Å². The molecule has 1 heterocycles. The van der Waals surface area contributed by atoms with E-state index in [-0.39, 0.29) is 30.9 Å². The highest BCUT2D eigenvalue weighted by Crippen LogP contribution is 2.34. The fourth-order valence-electron chi connectivity index (χ4n) is 2.94. The number of hydrogen-bond acceptors (Lipinski definition) is 5. The summed E-state index contributed by atoms with van der Waals surface area (Å²) >= 11 is 0. The monoisotopic (exact) mass is 390 g/mol. The molecule has 1 aromatic carbocycles. The molecule has 27 heavy (non-hydrogen) atoms. The predicted molar refractivity (Wildman–Crippen MR) is 94.2 cm³/mol. The van der Waals surface area contributed by atoms with E-state index in [1.807, 2.05) is 0 Å². The molecule has 1 aromatic rings. The summed E-state index contributed by atoms with van der Waals surface area (Å²) in [5.74, 6) is 0.0279. The lowest BCUT2D eigenvalue weighted by atomic mass is 10.0. The van der Waals surface area contributed by atoms with Gasteiger partial charge in [0.25, 0.3) is 0 Å². The number of alkyl halides is 3. The lowest BCUT2D eigenvalue weighted by Gasteiger charge is -2.31. The van der Waals surface area contributed by atoms with Gasteiger partial charge >= 0.3 is 6.18 Å². The van der Waals surface area contributed by atoms with Crippen molar-refractivity contribution in [3.8, 4) is 11.5 Å². The van der Waals surface area contributed by atoms with Crippen molar-refractivity contribution in [2.24, 2.45) is 0 Å². The van der Waals surface area contributed by atoms with Crippen molar-refractivity contribution in [2.75, 3.05) is 37.8 Å². The van der Waals surface area contributed by atoms with E-state index in [0.29, 0.717) is 18.0 Å². The molecule has 0 aromatic heterocycles. The molecule has 0 radical (unpaired) electrons. The molecule has 9 heteroatoms. The van der Waals surface area contributed by atoms with Crippen molar-refractivity contribution in [1.29, 1.82) is 0 Å². The number of aliphatic hydroxyl groups excluding tert-OH is 1. The normalized spacial score (nSPS) is 17.4. The summed E-state index contributed by atoms with van der Waals surface area (Å²) in [4.78, 5) is 13.7. The summed E-state index contributed by atoms with van der Waals surface area (Å²) in [7, 11) is 0. The van der Waals surface area contributed by atoms with Crippen LogP contribution in [0.2, 0.25) is 0 Å². The summed E-state index contributed by atoms with van der Waals surface area (Å²) in [6.45, 7) is 0.973. The van der Waals surface area contributed by atoms with Gasteiger partial charge in [-0.2, -0.15) is 13.2 Å². The fourth-order valence-corrected chi connectivity index (χ4v) is 2.94. The second-order valence-corrected chi connectivity index (χ2v) is 6.38. The Kier molecular flexibility index (Phi) is 7.73. The lowest BCUT2D eigenvalue weighted by Crippen LogP contribution is -2.45. The second-order valence-electron chi connectivity index (χ2n) is 6.38. The van der Waals surface area contributed by atoms with E-state index in [0.717, 1.165) is 25.8 Å². The van der Waals surface area contributed by atoms with Crippen molar-refractivity contribution in [2.45, 2.75) is 38.4 Å². The van der Waals surface area contributed by atoms with Gasteiger partial charge in [-0.25, -0.2) is 0 Å².